The molecule has 3 N–H and O–H groups in total. The fourth-order valence-electron chi connectivity index (χ4n) is 3.57. The molecule has 32 heavy (non-hydrogen) atoms. The van der Waals surface area contributed by atoms with Gasteiger partial charge in [0.1, 0.15) is 11.2 Å². The van der Waals surface area contributed by atoms with Crippen molar-refractivity contribution in [2.24, 2.45) is 10.9 Å². The van der Waals surface area contributed by atoms with E-state index in [-0.39, 0.29) is 19.6 Å². The number of halogens is 1. The number of para-hydroxylation sites is 1. The molecule has 0 radical (unpaired) electrons. The third kappa shape index (κ3) is 5.17. The summed E-state index contributed by atoms with van der Waals surface area (Å²) in [5, 5.41) is 4.82. The van der Waals surface area contributed by atoms with Gasteiger partial charge in [0.15, 0.2) is 6.10 Å². The third-order valence-electron chi connectivity index (χ3n) is 5.21. The van der Waals surface area contributed by atoms with Crippen LogP contribution in [-0.4, -0.2) is 45.2 Å². The summed E-state index contributed by atoms with van der Waals surface area (Å²) >= 11 is 3.27. The Morgan fingerprint density at radius 1 is 1.22 bits per heavy atom. The molecule has 0 bridgehead atoms. The van der Waals surface area contributed by atoms with Crippen LogP contribution in [0.3, 0.4) is 0 Å². The molecule has 1 unspecified atom stereocenters. The second kappa shape index (κ2) is 9.97. The Bertz CT molecular complexity index is 1130. The number of oxime groups is 1. The lowest BCUT2D eigenvalue weighted by Crippen LogP contribution is -2.50. The highest BCUT2D eigenvalue weighted by Crippen LogP contribution is 2.20. The van der Waals surface area contributed by atoms with Gasteiger partial charge >= 0.3 is 6.09 Å². The topological polar surface area (TPSA) is 110 Å². The molecule has 0 aliphatic carbocycles. The van der Waals surface area contributed by atoms with E-state index in [4.69, 9.17) is 15.3 Å². The number of aromatic nitrogens is 1. The number of benzene rings is 2. The SMILES string of the molecule is N[C@@H](Cc1c[nH]c2ccccc12)C(=O)N(CC1CC(Br)=NO1)C(=O)OCc1ccccc1. The first kappa shape index (κ1) is 22.0. The number of hydrogen-bond acceptors (Lipinski definition) is 6. The van der Waals surface area contributed by atoms with Gasteiger partial charge in [-0.1, -0.05) is 53.7 Å². The average molecular weight is 499 g/mol. The summed E-state index contributed by atoms with van der Waals surface area (Å²) in [5.74, 6) is -0.528. The van der Waals surface area contributed by atoms with Gasteiger partial charge in [0.05, 0.1) is 12.6 Å². The standard InChI is InChI=1S/C23H23BrN4O4/c24-21-11-17(32-27-21)13-28(23(30)31-14-15-6-2-1-3-7-15)22(29)19(25)10-16-12-26-20-9-5-4-8-18(16)20/h1-9,12,17,19,26H,10-11,13-14,25H2/t17?,19-/m0/s1. The van der Waals surface area contributed by atoms with Crippen LogP contribution < -0.4 is 5.73 Å². The van der Waals surface area contributed by atoms with E-state index in [1.165, 1.54) is 0 Å². The van der Waals surface area contributed by atoms with Crippen molar-refractivity contribution >= 4 is 43.5 Å². The first-order valence-corrected chi connectivity index (χ1v) is 11.0. The number of hydrogen-bond donors (Lipinski definition) is 2. The zero-order valence-corrected chi connectivity index (χ0v) is 18.8. The second-order valence-electron chi connectivity index (χ2n) is 7.56. The third-order valence-corrected chi connectivity index (χ3v) is 5.68. The number of carbonyl (C=O) groups is 2. The van der Waals surface area contributed by atoms with Crippen molar-refractivity contribution in [3.63, 3.8) is 0 Å². The van der Waals surface area contributed by atoms with Crippen LogP contribution in [0.25, 0.3) is 10.9 Å². The van der Waals surface area contributed by atoms with Gasteiger partial charge in [0.2, 0.25) is 5.91 Å². The lowest BCUT2D eigenvalue weighted by atomic mass is 10.0. The molecule has 1 aliphatic rings. The van der Waals surface area contributed by atoms with Crippen LogP contribution in [0.15, 0.2) is 65.9 Å². The molecular formula is C23H23BrN4O4. The largest absolute Gasteiger partial charge is 0.444 e. The highest BCUT2D eigenvalue weighted by Gasteiger charge is 2.33. The van der Waals surface area contributed by atoms with Gasteiger partial charge in [-0.3, -0.25) is 4.79 Å². The number of nitrogens with two attached hydrogens (primary N) is 1. The molecule has 1 aliphatic heterocycles. The lowest BCUT2D eigenvalue weighted by molar-refractivity contribution is -0.132. The summed E-state index contributed by atoms with van der Waals surface area (Å²) in [7, 11) is 0. The maximum atomic E-state index is 13.2. The predicted molar refractivity (Wildman–Crippen MR) is 124 cm³/mol. The van der Waals surface area contributed by atoms with Gasteiger partial charge in [-0.15, -0.1) is 0 Å². The lowest BCUT2D eigenvalue weighted by Gasteiger charge is -2.25. The smallest absolute Gasteiger partial charge is 0.417 e. The number of aromatic amines is 1. The van der Waals surface area contributed by atoms with Crippen LogP contribution in [0.5, 0.6) is 0 Å². The first-order valence-electron chi connectivity index (χ1n) is 10.2. The summed E-state index contributed by atoms with van der Waals surface area (Å²) < 4.78 is 6.02. The molecule has 3 aromatic rings. The highest BCUT2D eigenvalue weighted by molar-refractivity contribution is 9.18. The van der Waals surface area contributed by atoms with Gasteiger partial charge in [0, 0.05) is 23.5 Å². The van der Waals surface area contributed by atoms with E-state index in [2.05, 4.69) is 26.1 Å². The zero-order chi connectivity index (χ0) is 22.5. The number of fused-ring (bicyclic) bond motifs is 1. The molecule has 1 aromatic heterocycles. The number of rotatable bonds is 7. The minimum Gasteiger partial charge on any atom is -0.444 e. The van der Waals surface area contributed by atoms with E-state index in [0.717, 1.165) is 26.9 Å². The van der Waals surface area contributed by atoms with E-state index in [1.54, 1.807) is 0 Å². The normalized spacial score (nSPS) is 16.3. The number of H-pyrrole nitrogens is 1. The first-order chi connectivity index (χ1) is 15.5. The van der Waals surface area contributed by atoms with Crippen LogP contribution in [0.1, 0.15) is 17.5 Å². The van der Waals surface area contributed by atoms with Crippen molar-refractivity contribution in [3.8, 4) is 0 Å². The van der Waals surface area contributed by atoms with Crippen molar-refractivity contribution in [1.82, 2.24) is 9.88 Å². The van der Waals surface area contributed by atoms with Crippen LogP contribution in [0.2, 0.25) is 0 Å². The van der Waals surface area contributed by atoms with Crippen LogP contribution in [0, 0.1) is 0 Å². The van der Waals surface area contributed by atoms with Gasteiger partial charge in [-0.2, -0.15) is 0 Å². The number of imide groups is 1. The van der Waals surface area contributed by atoms with Gasteiger partial charge in [-0.25, -0.2) is 9.69 Å². The maximum absolute atomic E-state index is 13.2. The molecule has 2 aromatic carbocycles. The minimum atomic E-state index is -0.927. The molecule has 8 nitrogen and oxygen atoms in total. The van der Waals surface area contributed by atoms with Crippen LogP contribution >= 0.6 is 15.9 Å². The van der Waals surface area contributed by atoms with Crippen molar-refractivity contribution in [2.75, 3.05) is 6.54 Å². The quantitative estimate of drug-likeness (QED) is 0.515. The molecular weight excluding hydrogens is 476 g/mol. The number of nitrogens with zero attached hydrogens (tertiary/aromatic N) is 2. The summed E-state index contributed by atoms with van der Waals surface area (Å²) in [6.07, 6.45) is 1.34. The van der Waals surface area contributed by atoms with Crippen molar-refractivity contribution in [2.45, 2.75) is 31.6 Å². The van der Waals surface area contributed by atoms with Crippen molar-refractivity contribution in [3.05, 3.63) is 71.9 Å². The van der Waals surface area contributed by atoms with Crippen molar-refractivity contribution in [1.29, 1.82) is 0 Å². The zero-order valence-electron chi connectivity index (χ0n) is 17.2. The fraction of sp³-hybridized carbons (Fsp3) is 0.261. The molecule has 4 rings (SSSR count). The van der Waals surface area contributed by atoms with E-state index in [9.17, 15) is 9.59 Å². The van der Waals surface area contributed by atoms with Gasteiger partial charge in [-0.05, 0) is 39.5 Å². The Hall–Kier alpha value is -3.17. The fourth-order valence-corrected chi connectivity index (χ4v) is 4.02. The second-order valence-corrected chi connectivity index (χ2v) is 8.47. The number of amides is 2. The van der Waals surface area contributed by atoms with E-state index in [1.807, 2.05) is 60.8 Å². The molecule has 0 saturated carbocycles. The molecule has 166 valence electrons. The summed E-state index contributed by atoms with van der Waals surface area (Å²) in [5.41, 5.74) is 8.94. The number of nitrogens with one attached hydrogen (secondary N) is 1. The Morgan fingerprint density at radius 2 is 1.97 bits per heavy atom. The monoisotopic (exact) mass is 498 g/mol. The molecule has 2 heterocycles. The van der Waals surface area contributed by atoms with Crippen LogP contribution in [-0.2, 0) is 27.4 Å². The number of ether oxygens (including phenoxy) is 1. The molecule has 0 fully saturated rings. The summed E-state index contributed by atoms with van der Waals surface area (Å²) in [6.45, 7) is 0.0412. The van der Waals surface area contributed by atoms with E-state index < -0.39 is 24.1 Å². The number of carbonyl (C=O) groups excluding carboxylic acids is 2. The predicted octanol–water partition coefficient (Wildman–Crippen LogP) is 3.70. The minimum absolute atomic E-state index is 0.00730. The molecule has 0 saturated heterocycles. The molecule has 9 heteroatoms. The van der Waals surface area contributed by atoms with E-state index >= 15 is 0 Å². The Balaban J connectivity index is 1.47. The summed E-state index contributed by atoms with van der Waals surface area (Å²) in [6, 6.07) is 16.1. The molecule has 0 spiro atoms. The highest BCUT2D eigenvalue weighted by atomic mass is 79.9. The molecule has 2 amide bonds. The Labute approximate surface area is 193 Å². The average Bonchev–Trinajstić information content (AvgIpc) is 3.42. The van der Waals surface area contributed by atoms with Crippen LogP contribution in [0.4, 0.5) is 4.79 Å². The molecule has 2 atom stereocenters. The Kier molecular flexibility index (Phi) is 6.87. The van der Waals surface area contributed by atoms with Crippen molar-refractivity contribution < 1.29 is 19.2 Å². The van der Waals surface area contributed by atoms with Gasteiger partial charge < -0.3 is 20.3 Å². The maximum Gasteiger partial charge on any atom is 0.417 e. The Morgan fingerprint density at radius 3 is 2.72 bits per heavy atom. The van der Waals surface area contributed by atoms with Gasteiger partial charge in [0.25, 0.3) is 0 Å². The summed E-state index contributed by atoms with van der Waals surface area (Å²) in [4.78, 5) is 35.6. The van der Waals surface area contributed by atoms with E-state index in [0.29, 0.717) is 11.0 Å².